The lowest BCUT2D eigenvalue weighted by Crippen LogP contribution is -2.42. The van der Waals surface area contributed by atoms with Crippen LogP contribution in [-0.2, 0) is 9.63 Å². The molecule has 28 heavy (non-hydrogen) atoms. The monoisotopic (exact) mass is 378 g/mol. The molecule has 2 N–H and O–H groups in total. The predicted molar refractivity (Wildman–Crippen MR) is 108 cm³/mol. The fourth-order valence-electron chi connectivity index (χ4n) is 3.09. The Morgan fingerprint density at radius 3 is 2.89 bits per heavy atom. The Morgan fingerprint density at radius 2 is 2.11 bits per heavy atom. The minimum atomic E-state index is -0.716. The SMILES string of the molecule is [B][C@H](CC(C)C)NC(=O)C1CC(CNC(=O)c2cccc3ncccc23)=NO1. The molecule has 0 spiro atoms. The number of benzene rings is 1. The summed E-state index contributed by atoms with van der Waals surface area (Å²) in [6.07, 6.45) is 1.97. The Labute approximate surface area is 165 Å². The van der Waals surface area contributed by atoms with Gasteiger partial charge in [-0.2, -0.15) is 0 Å². The molecule has 1 aromatic heterocycles. The van der Waals surface area contributed by atoms with E-state index in [1.54, 1.807) is 24.4 Å². The number of hydrogen-bond acceptors (Lipinski definition) is 5. The first-order chi connectivity index (χ1) is 13.4. The van der Waals surface area contributed by atoms with E-state index in [-0.39, 0.29) is 18.4 Å². The number of amides is 2. The van der Waals surface area contributed by atoms with Gasteiger partial charge in [0.15, 0.2) is 0 Å². The molecule has 2 heterocycles. The largest absolute Gasteiger partial charge is 0.382 e. The number of oxime groups is 1. The number of hydrogen-bond donors (Lipinski definition) is 2. The maximum Gasteiger partial charge on any atom is 0.263 e. The Kier molecular flexibility index (Phi) is 6.28. The smallest absolute Gasteiger partial charge is 0.263 e. The van der Waals surface area contributed by atoms with Crippen LogP contribution < -0.4 is 10.6 Å². The number of carbonyl (C=O) groups is 2. The summed E-state index contributed by atoms with van der Waals surface area (Å²) < 4.78 is 0. The molecule has 0 saturated heterocycles. The first-order valence-corrected chi connectivity index (χ1v) is 9.33. The molecule has 2 atom stereocenters. The zero-order chi connectivity index (χ0) is 20.1. The summed E-state index contributed by atoms with van der Waals surface area (Å²) in [6.45, 7) is 4.28. The van der Waals surface area contributed by atoms with Gasteiger partial charge in [-0.05, 0) is 36.5 Å². The van der Waals surface area contributed by atoms with Crippen LogP contribution in [0.15, 0.2) is 41.7 Å². The summed E-state index contributed by atoms with van der Waals surface area (Å²) in [5, 5.41) is 10.3. The summed E-state index contributed by atoms with van der Waals surface area (Å²) >= 11 is 0. The van der Waals surface area contributed by atoms with Gasteiger partial charge in [-0.1, -0.05) is 31.1 Å². The highest BCUT2D eigenvalue weighted by Crippen LogP contribution is 2.16. The Hall–Kier alpha value is -2.90. The molecule has 2 radical (unpaired) electrons. The van der Waals surface area contributed by atoms with E-state index in [1.807, 2.05) is 26.0 Å². The lowest BCUT2D eigenvalue weighted by Gasteiger charge is -2.18. The van der Waals surface area contributed by atoms with Crippen LogP contribution in [0.1, 0.15) is 37.0 Å². The molecular formula is C20H23BN4O3. The quantitative estimate of drug-likeness (QED) is 0.719. The molecule has 8 heteroatoms. The van der Waals surface area contributed by atoms with E-state index in [0.29, 0.717) is 30.0 Å². The van der Waals surface area contributed by atoms with Gasteiger partial charge in [-0.25, -0.2) is 0 Å². The molecule has 3 rings (SSSR count). The van der Waals surface area contributed by atoms with E-state index in [2.05, 4.69) is 20.8 Å². The third-order valence-corrected chi connectivity index (χ3v) is 4.42. The fraction of sp³-hybridized carbons (Fsp3) is 0.400. The molecular weight excluding hydrogens is 355 g/mol. The molecule has 2 amide bonds. The average molecular weight is 378 g/mol. The predicted octanol–water partition coefficient (Wildman–Crippen LogP) is 1.77. The number of carbonyl (C=O) groups excluding carboxylic acids is 2. The van der Waals surface area contributed by atoms with Crippen molar-refractivity contribution >= 4 is 36.3 Å². The van der Waals surface area contributed by atoms with Crippen molar-refractivity contribution in [2.75, 3.05) is 6.54 Å². The normalized spacial score (nSPS) is 17.1. The standard InChI is InChI=1S/C20H23BN4O3/c1-12(2)9-18(21)24-20(27)17-10-13(25-28-17)11-23-19(26)15-5-3-7-16-14(15)6-4-8-22-16/h3-8,12,17-18H,9-11H2,1-2H3,(H,23,26)(H,24,27)/t17?,18-/m0/s1. The number of pyridine rings is 1. The molecule has 144 valence electrons. The lowest BCUT2D eigenvalue weighted by atomic mass is 9.88. The van der Waals surface area contributed by atoms with E-state index >= 15 is 0 Å². The Morgan fingerprint density at radius 1 is 1.29 bits per heavy atom. The van der Waals surface area contributed by atoms with E-state index in [1.165, 1.54) is 0 Å². The van der Waals surface area contributed by atoms with Crippen LogP contribution in [0, 0.1) is 5.92 Å². The second-order valence-corrected chi connectivity index (χ2v) is 7.26. The van der Waals surface area contributed by atoms with Gasteiger partial charge >= 0.3 is 0 Å². The molecule has 1 aliphatic rings. The summed E-state index contributed by atoms with van der Waals surface area (Å²) in [6, 6.07) is 9.05. The van der Waals surface area contributed by atoms with Gasteiger partial charge in [0.1, 0.15) is 0 Å². The molecule has 0 fully saturated rings. The van der Waals surface area contributed by atoms with E-state index in [0.717, 1.165) is 10.9 Å². The fourth-order valence-corrected chi connectivity index (χ4v) is 3.09. The second-order valence-electron chi connectivity index (χ2n) is 7.26. The number of nitrogens with one attached hydrogen (secondary N) is 2. The van der Waals surface area contributed by atoms with Crippen LogP contribution in [0.2, 0.25) is 0 Å². The molecule has 0 saturated carbocycles. The zero-order valence-corrected chi connectivity index (χ0v) is 16.0. The summed E-state index contributed by atoms with van der Waals surface area (Å²) in [5.41, 5.74) is 1.90. The molecule has 1 unspecified atom stereocenters. The molecule has 7 nitrogen and oxygen atoms in total. The summed E-state index contributed by atoms with van der Waals surface area (Å²) in [5.74, 6) is -0.558. The van der Waals surface area contributed by atoms with Crippen LogP contribution >= 0.6 is 0 Å². The van der Waals surface area contributed by atoms with Gasteiger partial charge in [0.05, 0.1) is 25.6 Å². The van der Waals surface area contributed by atoms with Crippen molar-refractivity contribution in [3.05, 3.63) is 42.1 Å². The van der Waals surface area contributed by atoms with Gasteiger partial charge in [0.2, 0.25) is 6.10 Å². The minimum Gasteiger partial charge on any atom is -0.382 e. The van der Waals surface area contributed by atoms with Gasteiger partial charge in [-0.15, -0.1) is 0 Å². The third kappa shape index (κ3) is 4.88. The number of nitrogens with zero attached hydrogens (tertiary/aromatic N) is 2. The maximum atomic E-state index is 12.5. The van der Waals surface area contributed by atoms with E-state index in [4.69, 9.17) is 12.7 Å². The highest BCUT2D eigenvalue weighted by Gasteiger charge is 2.29. The average Bonchev–Trinajstić information content (AvgIpc) is 3.14. The van der Waals surface area contributed by atoms with Crippen LogP contribution in [0.25, 0.3) is 10.9 Å². The molecule has 2 aromatic rings. The highest BCUT2D eigenvalue weighted by molar-refractivity contribution is 6.13. The van der Waals surface area contributed by atoms with E-state index in [9.17, 15) is 9.59 Å². The highest BCUT2D eigenvalue weighted by atomic mass is 16.6. The van der Waals surface area contributed by atoms with Crippen LogP contribution in [-0.4, -0.2) is 48.9 Å². The van der Waals surface area contributed by atoms with Crippen LogP contribution in [0.4, 0.5) is 0 Å². The van der Waals surface area contributed by atoms with Crippen LogP contribution in [0.3, 0.4) is 0 Å². The van der Waals surface area contributed by atoms with Crippen molar-refractivity contribution in [2.45, 2.75) is 38.7 Å². The summed E-state index contributed by atoms with van der Waals surface area (Å²) in [7, 11) is 5.90. The van der Waals surface area contributed by atoms with Crippen molar-refractivity contribution in [3.63, 3.8) is 0 Å². The first-order valence-electron chi connectivity index (χ1n) is 9.33. The third-order valence-electron chi connectivity index (χ3n) is 4.42. The molecule has 0 bridgehead atoms. The molecule has 1 aromatic carbocycles. The van der Waals surface area contributed by atoms with E-state index < -0.39 is 12.0 Å². The van der Waals surface area contributed by atoms with Crippen molar-refractivity contribution in [3.8, 4) is 0 Å². The van der Waals surface area contributed by atoms with Crippen molar-refractivity contribution in [2.24, 2.45) is 11.1 Å². The van der Waals surface area contributed by atoms with Crippen LogP contribution in [0.5, 0.6) is 0 Å². The number of aromatic nitrogens is 1. The number of fused-ring (bicyclic) bond motifs is 1. The van der Waals surface area contributed by atoms with Crippen molar-refractivity contribution < 1.29 is 14.4 Å². The van der Waals surface area contributed by atoms with Gasteiger partial charge in [0, 0.05) is 23.6 Å². The lowest BCUT2D eigenvalue weighted by molar-refractivity contribution is -0.131. The molecule has 1 aliphatic heterocycles. The second kappa shape index (κ2) is 8.86. The van der Waals surface area contributed by atoms with Gasteiger partial charge in [0.25, 0.3) is 11.8 Å². The maximum absolute atomic E-state index is 12.5. The first kappa shape index (κ1) is 19.9. The minimum absolute atomic E-state index is 0.206. The topological polar surface area (TPSA) is 92.7 Å². The Bertz CT molecular complexity index is 895. The zero-order valence-electron chi connectivity index (χ0n) is 16.0. The number of rotatable bonds is 7. The summed E-state index contributed by atoms with van der Waals surface area (Å²) in [4.78, 5) is 34.2. The molecule has 0 aliphatic carbocycles. The van der Waals surface area contributed by atoms with Crippen molar-refractivity contribution in [1.82, 2.24) is 15.6 Å². The van der Waals surface area contributed by atoms with Gasteiger partial charge < -0.3 is 15.5 Å². The van der Waals surface area contributed by atoms with Gasteiger partial charge in [-0.3, -0.25) is 14.6 Å². The Balaban J connectivity index is 1.52. The van der Waals surface area contributed by atoms with Crippen molar-refractivity contribution in [1.29, 1.82) is 0 Å².